The molecule has 29 heavy (non-hydrogen) atoms. The van der Waals surface area contributed by atoms with Gasteiger partial charge < -0.3 is 5.32 Å². The number of benzene rings is 2. The van der Waals surface area contributed by atoms with Gasteiger partial charge >= 0.3 is 6.03 Å². The van der Waals surface area contributed by atoms with Gasteiger partial charge in [-0.2, -0.15) is 5.10 Å². The molecule has 9 heteroatoms. The van der Waals surface area contributed by atoms with E-state index < -0.39 is 11.9 Å². The summed E-state index contributed by atoms with van der Waals surface area (Å²) in [5, 5.41) is 8.62. The Morgan fingerprint density at radius 3 is 2.48 bits per heavy atom. The van der Waals surface area contributed by atoms with Gasteiger partial charge in [-0.15, -0.1) is 11.3 Å². The lowest BCUT2D eigenvalue weighted by molar-refractivity contribution is 0.0942. The molecule has 0 unspecified atom stereocenters. The number of carbonyl (C=O) groups is 2. The van der Waals surface area contributed by atoms with Gasteiger partial charge in [-0.1, -0.05) is 29.8 Å². The molecule has 0 bridgehead atoms. The molecule has 0 spiro atoms. The molecule has 0 aliphatic heterocycles. The van der Waals surface area contributed by atoms with E-state index in [1.54, 1.807) is 30.3 Å². The van der Waals surface area contributed by atoms with E-state index in [0.717, 1.165) is 21.6 Å². The standard InChI is InChI=1S/C20H16ClN5O2S/c1-12-16-11-17(29-19(16)26(25-12)15-5-3-2-4-6-15)18(27)23-24-20(28)22-14-9-7-13(21)8-10-14/h2-11H,1H3,(H,23,27)(H2,22,24,28). The van der Waals surface area contributed by atoms with Crippen molar-refractivity contribution in [2.24, 2.45) is 0 Å². The van der Waals surface area contributed by atoms with Gasteiger partial charge in [0.05, 0.1) is 16.3 Å². The Morgan fingerprint density at radius 2 is 1.76 bits per heavy atom. The Labute approximate surface area is 175 Å². The fourth-order valence-corrected chi connectivity index (χ4v) is 3.98. The monoisotopic (exact) mass is 425 g/mol. The highest BCUT2D eigenvalue weighted by molar-refractivity contribution is 7.20. The first-order valence-corrected chi connectivity index (χ1v) is 9.88. The topological polar surface area (TPSA) is 88.1 Å². The van der Waals surface area contributed by atoms with E-state index in [4.69, 9.17) is 11.6 Å². The second kappa shape index (κ2) is 7.94. The molecule has 2 heterocycles. The Balaban J connectivity index is 1.46. The van der Waals surface area contributed by atoms with Crippen molar-refractivity contribution < 1.29 is 9.59 Å². The Morgan fingerprint density at radius 1 is 1.03 bits per heavy atom. The van der Waals surface area contributed by atoms with E-state index in [2.05, 4.69) is 21.3 Å². The number of anilines is 1. The molecule has 2 aromatic carbocycles. The predicted octanol–water partition coefficient (Wildman–Crippen LogP) is 4.52. The highest BCUT2D eigenvalue weighted by atomic mass is 35.5. The number of hydrazine groups is 1. The summed E-state index contributed by atoms with van der Waals surface area (Å²) in [6.07, 6.45) is 0. The van der Waals surface area contributed by atoms with E-state index in [-0.39, 0.29) is 0 Å². The van der Waals surface area contributed by atoms with Crippen LogP contribution in [-0.2, 0) is 0 Å². The third-order valence-corrected chi connectivity index (χ3v) is 5.52. The summed E-state index contributed by atoms with van der Waals surface area (Å²) in [4.78, 5) is 25.8. The molecular weight excluding hydrogens is 410 g/mol. The molecule has 0 aliphatic rings. The van der Waals surface area contributed by atoms with Crippen LogP contribution in [0.3, 0.4) is 0 Å². The summed E-state index contributed by atoms with van der Waals surface area (Å²) in [5.41, 5.74) is 7.06. The van der Waals surface area contributed by atoms with E-state index >= 15 is 0 Å². The number of para-hydroxylation sites is 1. The molecular formula is C20H16ClN5O2S. The van der Waals surface area contributed by atoms with Gasteiger partial charge in [0, 0.05) is 16.1 Å². The van der Waals surface area contributed by atoms with Gasteiger partial charge in [0.1, 0.15) is 4.83 Å². The van der Waals surface area contributed by atoms with Crippen LogP contribution in [0.25, 0.3) is 15.9 Å². The molecule has 0 fully saturated rings. The van der Waals surface area contributed by atoms with Crippen molar-refractivity contribution >= 4 is 50.8 Å². The summed E-state index contributed by atoms with van der Waals surface area (Å²) in [6.45, 7) is 1.90. The van der Waals surface area contributed by atoms with Crippen molar-refractivity contribution in [2.45, 2.75) is 6.92 Å². The molecule has 7 nitrogen and oxygen atoms in total. The molecule has 0 aliphatic carbocycles. The number of urea groups is 1. The van der Waals surface area contributed by atoms with Gasteiger partial charge in [-0.3, -0.25) is 10.2 Å². The first kappa shape index (κ1) is 19.0. The quantitative estimate of drug-likeness (QED) is 0.422. The maximum atomic E-state index is 12.5. The summed E-state index contributed by atoms with van der Waals surface area (Å²) >= 11 is 7.12. The number of hydrogen-bond donors (Lipinski definition) is 3. The van der Waals surface area contributed by atoms with Crippen LogP contribution < -0.4 is 16.2 Å². The molecule has 0 saturated carbocycles. The fraction of sp³-hybridized carbons (Fsp3) is 0.0500. The number of rotatable bonds is 3. The Kier molecular flexibility index (Phi) is 5.20. The van der Waals surface area contributed by atoms with Crippen molar-refractivity contribution in [3.8, 4) is 5.69 Å². The average Bonchev–Trinajstić information content (AvgIpc) is 3.29. The summed E-state index contributed by atoms with van der Waals surface area (Å²) in [7, 11) is 0. The number of thiophene rings is 1. The lowest BCUT2D eigenvalue weighted by Gasteiger charge is -2.08. The largest absolute Gasteiger partial charge is 0.337 e. The molecule has 0 saturated heterocycles. The third kappa shape index (κ3) is 4.08. The second-order valence-electron chi connectivity index (χ2n) is 6.20. The number of aryl methyl sites for hydroxylation is 1. The average molecular weight is 426 g/mol. The second-order valence-corrected chi connectivity index (χ2v) is 7.67. The maximum Gasteiger partial charge on any atom is 0.337 e. The summed E-state index contributed by atoms with van der Waals surface area (Å²) in [5.74, 6) is -0.406. The van der Waals surface area contributed by atoms with E-state index in [9.17, 15) is 9.59 Å². The van der Waals surface area contributed by atoms with Crippen molar-refractivity contribution in [2.75, 3.05) is 5.32 Å². The third-order valence-electron chi connectivity index (χ3n) is 4.16. The minimum atomic E-state index is -0.562. The molecule has 2 aromatic heterocycles. The molecule has 3 amide bonds. The molecule has 3 N–H and O–H groups in total. The number of halogens is 1. The van der Waals surface area contributed by atoms with Crippen LogP contribution in [0.1, 0.15) is 15.4 Å². The lowest BCUT2D eigenvalue weighted by Crippen LogP contribution is -2.43. The normalized spacial score (nSPS) is 10.7. The van der Waals surface area contributed by atoms with Gasteiger partial charge in [-0.25, -0.2) is 14.9 Å². The fourth-order valence-electron chi connectivity index (χ4n) is 2.77. The van der Waals surface area contributed by atoms with Gasteiger partial charge in [0.25, 0.3) is 5.91 Å². The van der Waals surface area contributed by atoms with Crippen LogP contribution in [0, 0.1) is 6.92 Å². The van der Waals surface area contributed by atoms with Crippen LogP contribution in [0.15, 0.2) is 60.7 Å². The van der Waals surface area contributed by atoms with Gasteiger partial charge in [-0.05, 0) is 49.4 Å². The summed E-state index contributed by atoms with van der Waals surface area (Å²) in [6, 6.07) is 17.6. The SMILES string of the molecule is Cc1nn(-c2ccccc2)c2sc(C(=O)NNC(=O)Nc3ccc(Cl)cc3)cc12. The van der Waals surface area contributed by atoms with Crippen LogP contribution in [0.5, 0.6) is 0 Å². The minimum Gasteiger partial charge on any atom is -0.307 e. The lowest BCUT2D eigenvalue weighted by atomic mass is 10.3. The smallest absolute Gasteiger partial charge is 0.307 e. The Hall–Kier alpha value is -3.36. The molecule has 0 atom stereocenters. The van der Waals surface area contributed by atoms with Crippen LogP contribution >= 0.6 is 22.9 Å². The number of carbonyl (C=O) groups excluding carboxylic acids is 2. The zero-order chi connectivity index (χ0) is 20.4. The highest BCUT2D eigenvalue weighted by Gasteiger charge is 2.17. The number of hydrogen-bond acceptors (Lipinski definition) is 4. The number of amides is 3. The van der Waals surface area contributed by atoms with E-state index in [1.165, 1.54) is 11.3 Å². The van der Waals surface area contributed by atoms with Crippen molar-refractivity contribution in [3.05, 3.63) is 76.3 Å². The van der Waals surface area contributed by atoms with Crippen LogP contribution in [0.4, 0.5) is 10.5 Å². The molecule has 146 valence electrons. The first-order chi connectivity index (χ1) is 14.0. The molecule has 4 rings (SSSR count). The van der Waals surface area contributed by atoms with Crippen molar-refractivity contribution in [1.29, 1.82) is 0 Å². The van der Waals surface area contributed by atoms with Crippen LogP contribution in [-0.4, -0.2) is 21.7 Å². The first-order valence-electron chi connectivity index (χ1n) is 8.69. The zero-order valence-electron chi connectivity index (χ0n) is 15.3. The Bertz CT molecular complexity index is 1190. The van der Waals surface area contributed by atoms with Gasteiger partial charge in [0.2, 0.25) is 0 Å². The minimum absolute atomic E-state index is 0.406. The molecule has 0 radical (unpaired) electrons. The number of nitrogens with one attached hydrogen (secondary N) is 3. The maximum absolute atomic E-state index is 12.5. The number of fused-ring (bicyclic) bond motifs is 1. The van der Waals surface area contributed by atoms with E-state index in [1.807, 2.05) is 41.9 Å². The van der Waals surface area contributed by atoms with Crippen molar-refractivity contribution in [1.82, 2.24) is 20.6 Å². The number of aromatic nitrogens is 2. The highest BCUT2D eigenvalue weighted by Crippen LogP contribution is 2.30. The van der Waals surface area contributed by atoms with E-state index in [0.29, 0.717) is 15.6 Å². The number of nitrogens with zero attached hydrogens (tertiary/aromatic N) is 2. The van der Waals surface area contributed by atoms with Crippen LogP contribution in [0.2, 0.25) is 5.02 Å². The van der Waals surface area contributed by atoms with Gasteiger partial charge in [0.15, 0.2) is 0 Å². The summed E-state index contributed by atoms with van der Waals surface area (Å²) < 4.78 is 1.81. The van der Waals surface area contributed by atoms with Crippen molar-refractivity contribution in [3.63, 3.8) is 0 Å². The molecule has 4 aromatic rings. The predicted molar refractivity (Wildman–Crippen MR) is 115 cm³/mol. The zero-order valence-corrected chi connectivity index (χ0v) is 16.8.